The molecule has 0 aromatic heterocycles. The third-order valence-electron chi connectivity index (χ3n) is 3.73. The molecule has 0 atom stereocenters. The van der Waals surface area contributed by atoms with E-state index in [1.807, 2.05) is 0 Å². The van der Waals surface area contributed by atoms with Crippen molar-refractivity contribution in [2.24, 2.45) is 0 Å². The van der Waals surface area contributed by atoms with Crippen LogP contribution in [0.5, 0.6) is 0 Å². The van der Waals surface area contributed by atoms with Gasteiger partial charge in [-0.3, -0.25) is 0 Å². The van der Waals surface area contributed by atoms with Gasteiger partial charge in [-0.15, -0.1) is 0 Å². The SMILES string of the molecule is Fc1ccc(F)c(P(c2c(F)ccc(F)c2F)c2c(F)ccc(F)c2F)c1F. The standard InChI is InChI=1S/C18H6F9P/c19-7-1-4-10(22)16(13(7)25)28(17-11(23)5-2-8(20)14(17)26)18-12(24)6-3-9(21)15(18)27/h1-6H. The minimum atomic E-state index is -3.59. The fourth-order valence-electron chi connectivity index (χ4n) is 2.50. The van der Waals surface area contributed by atoms with Crippen molar-refractivity contribution < 1.29 is 39.5 Å². The van der Waals surface area contributed by atoms with Gasteiger partial charge in [0.2, 0.25) is 0 Å². The van der Waals surface area contributed by atoms with Crippen LogP contribution in [0.1, 0.15) is 0 Å². The van der Waals surface area contributed by atoms with Crippen LogP contribution in [0.4, 0.5) is 39.5 Å². The zero-order valence-electron chi connectivity index (χ0n) is 13.3. The van der Waals surface area contributed by atoms with Gasteiger partial charge in [-0.1, -0.05) is 0 Å². The number of hydrogen-bond acceptors (Lipinski definition) is 0. The Morgan fingerprint density at radius 3 is 0.821 bits per heavy atom. The van der Waals surface area contributed by atoms with Gasteiger partial charge >= 0.3 is 0 Å². The summed E-state index contributed by atoms with van der Waals surface area (Å²) in [5, 5.41) is -4.37. The smallest absolute Gasteiger partial charge is 0.170 e. The Hall–Kier alpha value is -2.54. The Balaban J connectivity index is 2.51. The maximum Gasteiger partial charge on any atom is 0.170 e. The van der Waals surface area contributed by atoms with Gasteiger partial charge in [-0.2, -0.15) is 0 Å². The van der Waals surface area contributed by atoms with Crippen LogP contribution in [0.25, 0.3) is 0 Å². The molecule has 0 saturated carbocycles. The molecule has 0 heterocycles. The van der Waals surface area contributed by atoms with Crippen molar-refractivity contribution in [1.29, 1.82) is 0 Å². The quantitative estimate of drug-likeness (QED) is 0.325. The molecule has 0 aliphatic heterocycles. The van der Waals surface area contributed by atoms with E-state index in [1.54, 1.807) is 0 Å². The Kier molecular flexibility index (Phi) is 5.39. The molecule has 0 radical (unpaired) electrons. The van der Waals surface area contributed by atoms with Crippen molar-refractivity contribution in [2.45, 2.75) is 0 Å². The summed E-state index contributed by atoms with van der Waals surface area (Å²) < 4.78 is 127. The zero-order valence-corrected chi connectivity index (χ0v) is 14.2. The molecule has 146 valence electrons. The fourth-order valence-corrected chi connectivity index (χ4v) is 4.94. The number of rotatable bonds is 3. The second-order valence-corrected chi connectivity index (χ2v) is 7.42. The molecule has 0 bridgehead atoms. The van der Waals surface area contributed by atoms with E-state index in [4.69, 9.17) is 0 Å². The average Bonchev–Trinajstić information content (AvgIpc) is 2.65. The molecule has 0 amide bonds. The number of halogens is 9. The first-order chi connectivity index (χ1) is 13.1. The van der Waals surface area contributed by atoms with E-state index in [2.05, 4.69) is 0 Å². The molecular formula is C18H6F9P. The largest absolute Gasteiger partial charge is 0.206 e. The van der Waals surface area contributed by atoms with Gasteiger partial charge < -0.3 is 0 Å². The van der Waals surface area contributed by atoms with Crippen molar-refractivity contribution in [2.75, 3.05) is 0 Å². The van der Waals surface area contributed by atoms with Crippen LogP contribution in [-0.4, -0.2) is 0 Å². The predicted molar refractivity (Wildman–Crippen MR) is 84.8 cm³/mol. The number of hydrogen-bond donors (Lipinski definition) is 0. The molecule has 28 heavy (non-hydrogen) atoms. The van der Waals surface area contributed by atoms with Crippen LogP contribution in [0.3, 0.4) is 0 Å². The van der Waals surface area contributed by atoms with E-state index in [1.165, 1.54) is 0 Å². The van der Waals surface area contributed by atoms with Crippen molar-refractivity contribution in [3.63, 3.8) is 0 Å². The van der Waals surface area contributed by atoms with Crippen molar-refractivity contribution >= 4 is 23.8 Å². The summed E-state index contributed by atoms with van der Waals surface area (Å²) in [6.45, 7) is 0. The first kappa shape index (κ1) is 20.2. The van der Waals surface area contributed by atoms with Gasteiger partial charge in [0.25, 0.3) is 0 Å². The van der Waals surface area contributed by atoms with Crippen molar-refractivity contribution in [1.82, 2.24) is 0 Å². The van der Waals surface area contributed by atoms with Crippen LogP contribution in [0, 0.1) is 52.4 Å². The minimum Gasteiger partial charge on any atom is -0.206 e. The lowest BCUT2D eigenvalue weighted by atomic mass is 10.3. The molecule has 0 N–H and O–H groups in total. The molecular weight excluding hydrogens is 418 g/mol. The molecule has 0 aliphatic carbocycles. The van der Waals surface area contributed by atoms with Gasteiger partial charge in [-0.05, 0) is 36.4 Å². The molecule has 3 aromatic rings. The maximum atomic E-state index is 14.3. The second kappa shape index (κ2) is 7.47. The van der Waals surface area contributed by atoms with Crippen LogP contribution < -0.4 is 15.9 Å². The van der Waals surface area contributed by atoms with Gasteiger partial charge in [0.1, 0.15) is 17.5 Å². The Bertz CT molecular complexity index is 945. The van der Waals surface area contributed by atoms with Crippen LogP contribution >= 0.6 is 7.92 Å². The highest BCUT2D eigenvalue weighted by Crippen LogP contribution is 2.39. The normalized spacial score (nSPS) is 11.4. The Morgan fingerprint density at radius 1 is 0.357 bits per heavy atom. The topological polar surface area (TPSA) is 0 Å². The van der Waals surface area contributed by atoms with Crippen LogP contribution in [0.2, 0.25) is 0 Å². The molecule has 0 spiro atoms. The Labute approximate surface area is 153 Å². The van der Waals surface area contributed by atoms with Gasteiger partial charge in [0.15, 0.2) is 34.9 Å². The lowest BCUT2D eigenvalue weighted by Crippen LogP contribution is -2.33. The third-order valence-corrected chi connectivity index (χ3v) is 6.30. The Morgan fingerprint density at radius 2 is 0.571 bits per heavy atom. The summed E-state index contributed by atoms with van der Waals surface area (Å²) in [7, 11) is -3.59. The highest BCUT2D eigenvalue weighted by molar-refractivity contribution is 7.79. The summed E-state index contributed by atoms with van der Waals surface area (Å²) in [5.74, 6) is -15.9. The van der Waals surface area contributed by atoms with Gasteiger partial charge in [0.05, 0.1) is 15.9 Å². The monoisotopic (exact) mass is 424 g/mol. The first-order valence-corrected chi connectivity index (χ1v) is 8.70. The molecule has 0 nitrogen and oxygen atoms in total. The summed E-state index contributed by atoms with van der Waals surface area (Å²) >= 11 is 0. The van der Waals surface area contributed by atoms with E-state index in [9.17, 15) is 39.5 Å². The molecule has 3 aromatic carbocycles. The van der Waals surface area contributed by atoms with E-state index >= 15 is 0 Å². The molecule has 3 rings (SSSR count). The van der Waals surface area contributed by atoms with E-state index < -0.39 is 76.2 Å². The fraction of sp³-hybridized carbons (Fsp3) is 0. The minimum absolute atomic E-state index is 0.332. The predicted octanol–water partition coefficient (Wildman–Crippen LogP) is 4.70. The van der Waals surface area contributed by atoms with Crippen molar-refractivity contribution in [3.05, 3.63) is 88.8 Å². The van der Waals surface area contributed by atoms with E-state index in [0.717, 1.165) is 0 Å². The molecule has 0 aliphatic rings. The van der Waals surface area contributed by atoms with E-state index in [-0.39, 0.29) is 0 Å². The zero-order chi connectivity index (χ0) is 20.7. The summed E-state index contributed by atoms with van der Waals surface area (Å²) in [6, 6.07) is 2.06. The van der Waals surface area contributed by atoms with E-state index in [0.29, 0.717) is 36.4 Å². The highest BCUT2D eigenvalue weighted by atomic mass is 31.1. The lowest BCUT2D eigenvalue weighted by Gasteiger charge is -2.22. The lowest BCUT2D eigenvalue weighted by molar-refractivity contribution is 0.499. The molecule has 0 unspecified atom stereocenters. The highest BCUT2D eigenvalue weighted by Gasteiger charge is 2.36. The van der Waals surface area contributed by atoms with Gasteiger partial charge in [0, 0.05) is 7.92 Å². The number of benzene rings is 3. The molecule has 0 fully saturated rings. The van der Waals surface area contributed by atoms with Crippen LogP contribution in [0.15, 0.2) is 36.4 Å². The van der Waals surface area contributed by atoms with Gasteiger partial charge in [-0.25, -0.2) is 39.5 Å². The molecule has 10 heteroatoms. The molecule has 0 saturated heterocycles. The van der Waals surface area contributed by atoms with Crippen LogP contribution in [-0.2, 0) is 0 Å². The third kappa shape index (κ3) is 3.24. The van der Waals surface area contributed by atoms with Crippen molar-refractivity contribution in [3.8, 4) is 0 Å². The first-order valence-electron chi connectivity index (χ1n) is 7.35. The summed E-state index contributed by atoms with van der Waals surface area (Å²) in [6.07, 6.45) is 0. The summed E-state index contributed by atoms with van der Waals surface area (Å²) in [5.41, 5.74) is 0. The summed E-state index contributed by atoms with van der Waals surface area (Å²) in [4.78, 5) is 0. The second-order valence-electron chi connectivity index (χ2n) is 5.41. The average molecular weight is 424 g/mol. The maximum absolute atomic E-state index is 14.3.